The maximum atomic E-state index is 13.5. The van der Waals surface area contributed by atoms with Crippen LogP contribution in [0.3, 0.4) is 0 Å². The first kappa shape index (κ1) is 20.1. The van der Waals surface area contributed by atoms with Crippen LogP contribution in [0.4, 0.5) is 5.69 Å². The average molecular weight is 414 g/mol. The largest absolute Gasteiger partial charge is 0.368 e. The third-order valence-corrected chi connectivity index (χ3v) is 6.81. The third-order valence-electron chi connectivity index (χ3n) is 6.81. The van der Waals surface area contributed by atoms with Gasteiger partial charge in [-0.05, 0) is 54.4 Å². The van der Waals surface area contributed by atoms with E-state index in [4.69, 9.17) is 0 Å². The van der Waals surface area contributed by atoms with E-state index in [1.165, 1.54) is 29.3 Å². The summed E-state index contributed by atoms with van der Waals surface area (Å²) in [4.78, 5) is 20.7. The minimum atomic E-state index is 0.231. The van der Waals surface area contributed by atoms with Crippen LogP contribution >= 0.6 is 0 Å². The fraction of sp³-hybridized carbons (Fsp3) is 0.370. The molecule has 2 aliphatic heterocycles. The molecule has 3 aromatic carbocycles. The van der Waals surface area contributed by atoms with Gasteiger partial charge in [-0.25, -0.2) is 0 Å². The molecule has 0 spiro atoms. The van der Waals surface area contributed by atoms with Crippen LogP contribution in [0.5, 0.6) is 0 Å². The van der Waals surface area contributed by atoms with E-state index < -0.39 is 0 Å². The minimum absolute atomic E-state index is 0.231. The van der Waals surface area contributed by atoms with Crippen LogP contribution < -0.4 is 4.90 Å². The van der Waals surface area contributed by atoms with Gasteiger partial charge in [0.25, 0.3) is 0 Å². The predicted octanol–water partition coefficient (Wildman–Crippen LogP) is 4.20. The van der Waals surface area contributed by atoms with Gasteiger partial charge in [-0.3, -0.25) is 4.79 Å². The number of hydrogen-bond acceptors (Lipinski definition) is 3. The maximum absolute atomic E-state index is 13.5. The minimum Gasteiger partial charge on any atom is -0.368 e. The maximum Gasteiger partial charge on any atom is 0.227 e. The van der Waals surface area contributed by atoms with Gasteiger partial charge in [0.2, 0.25) is 5.91 Å². The Kier molecular flexibility index (Phi) is 5.90. The quantitative estimate of drug-likeness (QED) is 0.627. The Morgan fingerprint density at radius 2 is 1.55 bits per heavy atom. The van der Waals surface area contributed by atoms with Gasteiger partial charge in [-0.2, -0.15) is 0 Å². The molecule has 1 atom stereocenters. The Morgan fingerprint density at radius 3 is 2.39 bits per heavy atom. The number of carbonyl (C=O) groups excluding carboxylic acids is 1. The first-order chi connectivity index (χ1) is 15.3. The molecular weight excluding hydrogens is 382 g/mol. The number of amides is 1. The molecule has 160 valence electrons. The monoisotopic (exact) mass is 413 g/mol. The van der Waals surface area contributed by atoms with E-state index >= 15 is 0 Å². The Bertz CT molecular complexity index is 1020. The second-order valence-corrected chi connectivity index (χ2v) is 8.85. The van der Waals surface area contributed by atoms with Crippen molar-refractivity contribution in [3.63, 3.8) is 0 Å². The molecule has 2 fully saturated rings. The van der Waals surface area contributed by atoms with Crippen LogP contribution in [0, 0.1) is 0 Å². The van der Waals surface area contributed by atoms with Gasteiger partial charge < -0.3 is 14.7 Å². The zero-order valence-corrected chi connectivity index (χ0v) is 18.1. The smallest absolute Gasteiger partial charge is 0.227 e. The molecule has 0 saturated carbocycles. The normalized spacial score (nSPS) is 19.8. The SMILES string of the molecule is O=C(Cc1cccc2ccccc12)N1CCN(c2ccccc2)CC1CN1CCCC1. The standard InChI is InChI=1S/C27H31N3O/c31-27(19-23-11-8-10-22-9-4-5-14-26(22)23)30-18-17-29(24-12-2-1-3-13-24)21-25(30)20-28-15-6-7-16-28/h1-5,8-14,25H,6-7,15-21H2. The summed E-state index contributed by atoms with van der Waals surface area (Å²) in [6.07, 6.45) is 3.03. The molecule has 4 nitrogen and oxygen atoms in total. The summed E-state index contributed by atoms with van der Waals surface area (Å²) in [5.41, 5.74) is 2.39. The highest BCUT2D eigenvalue weighted by Gasteiger charge is 2.32. The van der Waals surface area contributed by atoms with Crippen molar-refractivity contribution >= 4 is 22.4 Å². The molecule has 4 heteroatoms. The van der Waals surface area contributed by atoms with Crippen molar-refractivity contribution in [3.05, 3.63) is 78.4 Å². The second kappa shape index (κ2) is 9.11. The summed E-state index contributed by atoms with van der Waals surface area (Å²) >= 11 is 0. The van der Waals surface area contributed by atoms with Crippen LogP contribution in [-0.2, 0) is 11.2 Å². The number of fused-ring (bicyclic) bond motifs is 1. The van der Waals surface area contributed by atoms with Gasteiger partial charge in [-0.15, -0.1) is 0 Å². The summed E-state index contributed by atoms with van der Waals surface area (Å²) in [5.74, 6) is 0.258. The molecule has 2 aliphatic rings. The van der Waals surface area contributed by atoms with Gasteiger partial charge in [0.15, 0.2) is 0 Å². The van der Waals surface area contributed by atoms with Crippen LogP contribution in [0.15, 0.2) is 72.8 Å². The number of piperazine rings is 1. The van der Waals surface area contributed by atoms with Crippen molar-refractivity contribution in [2.75, 3.05) is 44.2 Å². The molecule has 0 N–H and O–H groups in total. The highest BCUT2D eigenvalue weighted by molar-refractivity contribution is 5.90. The van der Waals surface area contributed by atoms with Gasteiger partial charge in [-0.1, -0.05) is 60.7 Å². The lowest BCUT2D eigenvalue weighted by molar-refractivity contribution is -0.133. The highest BCUT2D eigenvalue weighted by Crippen LogP contribution is 2.23. The molecule has 31 heavy (non-hydrogen) atoms. The number of anilines is 1. The lowest BCUT2D eigenvalue weighted by atomic mass is 10.0. The summed E-state index contributed by atoms with van der Waals surface area (Å²) in [7, 11) is 0. The zero-order chi connectivity index (χ0) is 21.0. The Morgan fingerprint density at radius 1 is 0.806 bits per heavy atom. The highest BCUT2D eigenvalue weighted by atomic mass is 16.2. The van der Waals surface area contributed by atoms with E-state index in [1.807, 2.05) is 0 Å². The third kappa shape index (κ3) is 4.45. The van der Waals surface area contributed by atoms with Crippen molar-refractivity contribution in [2.45, 2.75) is 25.3 Å². The van der Waals surface area contributed by atoms with Crippen molar-refractivity contribution in [1.29, 1.82) is 0 Å². The van der Waals surface area contributed by atoms with E-state index in [-0.39, 0.29) is 11.9 Å². The van der Waals surface area contributed by atoms with Crippen LogP contribution in [0.1, 0.15) is 18.4 Å². The van der Waals surface area contributed by atoms with Crippen molar-refractivity contribution in [2.24, 2.45) is 0 Å². The Balaban J connectivity index is 1.36. The van der Waals surface area contributed by atoms with E-state index in [1.54, 1.807) is 0 Å². The van der Waals surface area contributed by atoms with Gasteiger partial charge in [0.05, 0.1) is 12.5 Å². The van der Waals surface area contributed by atoms with E-state index in [0.29, 0.717) is 6.42 Å². The van der Waals surface area contributed by atoms with Crippen LogP contribution in [0.25, 0.3) is 10.8 Å². The Hall–Kier alpha value is -2.85. The lowest BCUT2D eigenvalue weighted by Gasteiger charge is -2.44. The molecule has 1 amide bonds. The Labute approximate surface area is 185 Å². The molecule has 3 aromatic rings. The van der Waals surface area contributed by atoms with Gasteiger partial charge >= 0.3 is 0 Å². The van der Waals surface area contributed by atoms with Crippen LogP contribution in [0.2, 0.25) is 0 Å². The van der Waals surface area contributed by atoms with Crippen molar-refractivity contribution in [1.82, 2.24) is 9.80 Å². The average Bonchev–Trinajstić information content (AvgIpc) is 3.33. The number of rotatable bonds is 5. The van der Waals surface area contributed by atoms with E-state index in [0.717, 1.165) is 44.8 Å². The number of hydrogen-bond donors (Lipinski definition) is 0. The lowest BCUT2D eigenvalue weighted by Crippen LogP contribution is -2.59. The van der Waals surface area contributed by atoms with Crippen molar-refractivity contribution < 1.29 is 4.79 Å². The van der Waals surface area contributed by atoms with Crippen LogP contribution in [-0.4, -0.2) is 61.0 Å². The summed E-state index contributed by atoms with van der Waals surface area (Å²) in [6.45, 7) is 5.88. The molecule has 0 bridgehead atoms. The fourth-order valence-corrected chi connectivity index (χ4v) is 5.19. The zero-order valence-electron chi connectivity index (χ0n) is 18.1. The number of para-hydroxylation sites is 1. The topological polar surface area (TPSA) is 26.8 Å². The van der Waals surface area contributed by atoms with E-state index in [2.05, 4.69) is 87.5 Å². The van der Waals surface area contributed by atoms with Gasteiger partial charge in [0, 0.05) is 31.9 Å². The molecule has 0 radical (unpaired) electrons. The van der Waals surface area contributed by atoms with Gasteiger partial charge in [0.1, 0.15) is 0 Å². The molecule has 1 unspecified atom stereocenters. The molecule has 5 rings (SSSR count). The number of likely N-dealkylation sites (tertiary alicyclic amines) is 1. The number of benzene rings is 3. The fourth-order valence-electron chi connectivity index (χ4n) is 5.19. The predicted molar refractivity (Wildman–Crippen MR) is 127 cm³/mol. The van der Waals surface area contributed by atoms with E-state index in [9.17, 15) is 4.79 Å². The molecule has 2 saturated heterocycles. The second-order valence-electron chi connectivity index (χ2n) is 8.85. The molecule has 0 aromatic heterocycles. The summed E-state index contributed by atoms with van der Waals surface area (Å²) in [6, 6.07) is 25.5. The molecule has 0 aliphatic carbocycles. The molecular formula is C27H31N3O. The number of carbonyl (C=O) groups is 1. The summed E-state index contributed by atoms with van der Waals surface area (Å²) < 4.78 is 0. The first-order valence-corrected chi connectivity index (χ1v) is 11.6. The van der Waals surface area contributed by atoms with Crippen molar-refractivity contribution in [3.8, 4) is 0 Å². The molecule has 2 heterocycles. The first-order valence-electron chi connectivity index (χ1n) is 11.6. The summed E-state index contributed by atoms with van der Waals surface area (Å²) in [5, 5.41) is 2.40. The number of nitrogens with zero attached hydrogens (tertiary/aromatic N) is 3.